The van der Waals surface area contributed by atoms with Crippen molar-refractivity contribution >= 4 is 17.5 Å². The molecule has 0 aliphatic heterocycles. The third-order valence-corrected chi connectivity index (χ3v) is 2.77. The molecular formula is C14H19N5O. The molecule has 2 rings (SSSR count). The first kappa shape index (κ1) is 14.2. The lowest BCUT2D eigenvalue weighted by Gasteiger charge is -2.09. The second-order valence-electron chi connectivity index (χ2n) is 4.38. The Kier molecular flexibility index (Phi) is 5.25. The SMILES string of the molecule is COCCCNc1nncc(Nc2ccccc2C)n1. The molecule has 20 heavy (non-hydrogen) atoms. The number of ether oxygens (including phenoxy) is 1. The van der Waals surface area contributed by atoms with Crippen LogP contribution in [0, 0.1) is 6.92 Å². The molecule has 0 aliphatic carbocycles. The van der Waals surface area contributed by atoms with Crippen LogP contribution >= 0.6 is 0 Å². The predicted molar refractivity (Wildman–Crippen MR) is 79.3 cm³/mol. The van der Waals surface area contributed by atoms with Gasteiger partial charge >= 0.3 is 0 Å². The minimum Gasteiger partial charge on any atom is -0.385 e. The van der Waals surface area contributed by atoms with Crippen LogP contribution < -0.4 is 10.6 Å². The number of rotatable bonds is 7. The van der Waals surface area contributed by atoms with Crippen molar-refractivity contribution in [2.45, 2.75) is 13.3 Å². The summed E-state index contributed by atoms with van der Waals surface area (Å²) in [6, 6.07) is 8.03. The molecule has 1 aromatic carbocycles. The molecule has 0 unspecified atom stereocenters. The molecule has 0 fully saturated rings. The standard InChI is InChI=1S/C14H19N5O/c1-11-6-3-4-7-12(11)17-13-10-16-19-14(18-13)15-8-5-9-20-2/h3-4,6-7,10H,5,8-9H2,1-2H3,(H2,15,17,18,19). The Labute approximate surface area is 118 Å². The summed E-state index contributed by atoms with van der Waals surface area (Å²) in [5, 5.41) is 14.2. The molecule has 1 aromatic heterocycles. The van der Waals surface area contributed by atoms with Gasteiger partial charge in [-0.1, -0.05) is 18.2 Å². The Morgan fingerprint density at radius 3 is 2.90 bits per heavy atom. The van der Waals surface area contributed by atoms with Crippen molar-refractivity contribution in [2.24, 2.45) is 0 Å². The number of benzene rings is 1. The zero-order valence-electron chi connectivity index (χ0n) is 11.8. The van der Waals surface area contributed by atoms with E-state index in [2.05, 4.69) is 25.8 Å². The molecule has 0 bridgehead atoms. The average molecular weight is 273 g/mol. The van der Waals surface area contributed by atoms with E-state index in [1.54, 1.807) is 13.3 Å². The quantitative estimate of drug-likeness (QED) is 0.755. The number of anilines is 3. The summed E-state index contributed by atoms with van der Waals surface area (Å²) in [5.74, 6) is 1.18. The van der Waals surface area contributed by atoms with Gasteiger partial charge in [0, 0.05) is 25.9 Å². The van der Waals surface area contributed by atoms with Gasteiger partial charge in [-0.05, 0) is 25.0 Å². The monoisotopic (exact) mass is 273 g/mol. The molecule has 0 aliphatic rings. The van der Waals surface area contributed by atoms with Crippen LogP contribution in [0.1, 0.15) is 12.0 Å². The van der Waals surface area contributed by atoms with E-state index in [0.29, 0.717) is 18.4 Å². The van der Waals surface area contributed by atoms with Gasteiger partial charge < -0.3 is 15.4 Å². The summed E-state index contributed by atoms with van der Waals surface area (Å²) >= 11 is 0. The predicted octanol–water partition coefficient (Wildman–Crippen LogP) is 2.37. The van der Waals surface area contributed by atoms with Crippen molar-refractivity contribution in [2.75, 3.05) is 30.9 Å². The number of nitrogens with zero attached hydrogens (tertiary/aromatic N) is 3. The summed E-state index contributed by atoms with van der Waals surface area (Å²) < 4.78 is 4.99. The second-order valence-corrected chi connectivity index (χ2v) is 4.38. The van der Waals surface area contributed by atoms with Gasteiger partial charge in [-0.2, -0.15) is 10.1 Å². The van der Waals surface area contributed by atoms with Gasteiger partial charge in [0.05, 0.1) is 6.20 Å². The molecule has 1 heterocycles. The summed E-state index contributed by atoms with van der Waals surface area (Å²) in [5.41, 5.74) is 2.17. The summed E-state index contributed by atoms with van der Waals surface area (Å²) in [6.07, 6.45) is 2.50. The van der Waals surface area contributed by atoms with Crippen molar-refractivity contribution in [3.8, 4) is 0 Å². The molecule has 0 amide bonds. The van der Waals surface area contributed by atoms with Crippen molar-refractivity contribution < 1.29 is 4.74 Å². The van der Waals surface area contributed by atoms with E-state index in [1.165, 1.54) is 0 Å². The lowest BCUT2D eigenvalue weighted by molar-refractivity contribution is 0.197. The topological polar surface area (TPSA) is 72.0 Å². The van der Waals surface area contributed by atoms with E-state index in [-0.39, 0.29) is 0 Å². The summed E-state index contributed by atoms with van der Waals surface area (Å²) in [6.45, 7) is 3.51. The molecule has 6 nitrogen and oxygen atoms in total. The fraction of sp³-hybridized carbons (Fsp3) is 0.357. The molecule has 0 saturated carbocycles. The van der Waals surface area contributed by atoms with E-state index in [1.807, 2.05) is 31.2 Å². The van der Waals surface area contributed by atoms with Crippen molar-refractivity contribution in [3.05, 3.63) is 36.0 Å². The molecule has 0 spiro atoms. The first-order valence-electron chi connectivity index (χ1n) is 6.55. The van der Waals surface area contributed by atoms with Gasteiger partial charge in [0.1, 0.15) is 0 Å². The Bertz CT molecular complexity index is 547. The van der Waals surface area contributed by atoms with E-state index in [4.69, 9.17) is 4.74 Å². The number of methoxy groups -OCH3 is 1. The highest BCUT2D eigenvalue weighted by atomic mass is 16.5. The highest BCUT2D eigenvalue weighted by Crippen LogP contribution is 2.18. The van der Waals surface area contributed by atoms with Gasteiger partial charge in [-0.15, -0.1) is 5.10 Å². The molecule has 2 N–H and O–H groups in total. The molecule has 0 radical (unpaired) electrons. The van der Waals surface area contributed by atoms with Gasteiger partial charge in [0.2, 0.25) is 5.95 Å². The van der Waals surface area contributed by atoms with Gasteiger partial charge in [-0.3, -0.25) is 0 Å². The van der Waals surface area contributed by atoms with Crippen LogP contribution in [0.3, 0.4) is 0 Å². The fourth-order valence-electron chi connectivity index (χ4n) is 1.71. The minimum absolute atomic E-state index is 0.514. The van der Waals surface area contributed by atoms with Crippen molar-refractivity contribution in [1.29, 1.82) is 0 Å². The van der Waals surface area contributed by atoms with Crippen LogP contribution in [0.15, 0.2) is 30.5 Å². The summed E-state index contributed by atoms with van der Waals surface area (Å²) in [4.78, 5) is 4.37. The van der Waals surface area contributed by atoms with Gasteiger partial charge in [0.25, 0.3) is 0 Å². The number of para-hydroxylation sites is 1. The third-order valence-electron chi connectivity index (χ3n) is 2.77. The Balaban J connectivity index is 1.97. The zero-order chi connectivity index (χ0) is 14.2. The number of aryl methyl sites for hydroxylation is 1. The average Bonchev–Trinajstić information content (AvgIpc) is 2.47. The van der Waals surface area contributed by atoms with Crippen LogP contribution in [-0.2, 0) is 4.74 Å². The first-order valence-corrected chi connectivity index (χ1v) is 6.55. The summed E-state index contributed by atoms with van der Waals surface area (Å²) in [7, 11) is 1.69. The molecule has 6 heteroatoms. The van der Waals surface area contributed by atoms with E-state index in [9.17, 15) is 0 Å². The molecule has 2 aromatic rings. The van der Waals surface area contributed by atoms with Crippen LogP contribution in [0.4, 0.5) is 17.5 Å². The normalized spacial score (nSPS) is 10.3. The number of hydrogen-bond donors (Lipinski definition) is 2. The lowest BCUT2D eigenvalue weighted by atomic mass is 10.2. The minimum atomic E-state index is 0.514. The second kappa shape index (κ2) is 7.40. The molecule has 0 atom stereocenters. The lowest BCUT2D eigenvalue weighted by Crippen LogP contribution is -2.09. The van der Waals surface area contributed by atoms with Crippen LogP contribution in [0.25, 0.3) is 0 Å². The number of hydrogen-bond acceptors (Lipinski definition) is 6. The van der Waals surface area contributed by atoms with Crippen LogP contribution in [0.5, 0.6) is 0 Å². The van der Waals surface area contributed by atoms with Crippen LogP contribution in [0.2, 0.25) is 0 Å². The first-order chi connectivity index (χ1) is 9.79. The number of nitrogens with one attached hydrogen (secondary N) is 2. The largest absolute Gasteiger partial charge is 0.385 e. The van der Waals surface area contributed by atoms with Crippen molar-refractivity contribution in [1.82, 2.24) is 15.2 Å². The maximum Gasteiger partial charge on any atom is 0.244 e. The highest BCUT2D eigenvalue weighted by Gasteiger charge is 2.02. The number of aromatic nitrogens is 3. The smallest absolute Gasteiger partial charge is 0.244 e. The maximum absolute atomic E-state index is 4.99. The Morgan fingerprint density at radius 2 is 2.10 bits per heavy atom. The molecule has 106 valence electrons. The molecular weight excluding hydrogens is 254 g/mol. The van der Waals surface area contributed by atoms with Crippen molar-refractivity contribution in [3.63, 3.8) is 0 Å². The van der Waals surface area contributed by atoms with E-state index >= 15 is 0 Å². The third kappa shape index (κ3) is 4.17. The Hall–Kier alpha value is -2.21. The zero-order valence-corrected chi connectivity index (χ0v) is 11.8. The van der Waals surface area contributed by atoms with E-state index < -0.39 is 0 Å². The Morgan fingerprint density at radius 1 is 1.25 bits per heavy atom. The van der Waals surface area contributed by atoms with Gasteiger partial charge in [-0.25, -0.2) is 0 Å². The molecule has 0 saturated heterocycles. The van der Waals surface area contributed by atoms with Gasteiger partial charge in [0.15, 0.2) is 5.82 Å². The maximum atomic E-state index is 4.99. The van der Waals surface area contributed by atoms with Crippen LogP contribution in [-0.4, -0.2) is 35.4 Å². The fourth-order valence-corrected chi connectivity index (χ4v) is 1.71. The van der Waals surface area contributed by atoms with E-state index in [0.717, 1.165) is 24.2 Å². The highest BCUT2D eigenvalue weighted by molar-refractivity contribution is 5.59.